The molecular weight excluding hydrogens is 442 g/mol. The molecule has 28 heavy (non-hydrogen) atoms. The lowest BCUT2D eigenvalue weighted by molar-refractivity contribution is 0.349. The van der Waals surface area contributed by atoms with Gasteiger partial charge in [0.1, 0.15) is 5.75 Å². The Kier molecular flexibility index (Phi) is 6.53. The van der Waals surface area contributed by atoms with Gasteiger partial charge in [-0.15, -0.1) is 11.3 Å². The molecule has 0 saturated carbocycles. The lowest BCUT2D eigenvalue weighted by Crippen LogP contribution is -2.11. The van der Waals surface area contributed by atoms with Gasteiger partial charge in [0.2, 0.25) is 4.80 Å². The third-order valence-electron chi connectivity index (χ3n) is 4.06. The molecule has 3 rings (SSSR count). The highest BCUT2D eigenvalue weighted by atomic mass is 79.9. The van der Waals surface area contributed by atoms with Crippen LogP contribution in [0.25, 0.3) is 11.3 Å². The van der Waals surface area contributed by atoms with Crippen molar-refractivity contribution >= 4 is 33.5 Å². The van der Waals surface area contributed by atoms with Crippen LogP contribution in [-0.2, 0) is 0 Å². The molecule has 0 unspecified atom stereocenters. The van der Waals surface area contributed by atoms with Gasteiger partial charge in [-0.25, -0.2) is 4.68 Å². The zero-order chi connectivity index (χ0) is 20.1. The second-order valence-corrected chi connectivity index (χ2v) is 7.39. The highest BCUT2D eigenvalue weighted by molar-refractivity contribution is 9.10. The zero-order valence-electron chi connectivity index (χ0n) is 16.0. The van der Waals surface area contributed by atoms with Gasteiger partial charge < -0.3 is 14.2 Å². The Balaban J connectivity index is 2.08. The largest absolute Gasteiger partial charge is 0.496 e. The molecule has 0 saturated heterocycles. The first-order chi connectivity index (χ1) is 13.6. The van der Waals surface area contributed by atoms with Crippen molar-refractivity contribution in [1.82, 2.24) is 4.68 Å². The van der Waals surface area contributed by atoms with E-state index in [9.17, 15) is 0 Å². The predicted octanol–water partition coefficient (Wildman–Crippen LogP) is 4.42. The van der Waals surface area contributed by atoms with Gasteiger partial charge in [-0.1, -0.05) is 28.1 Å². The van der Waals surface area contributed by atoms with E-state index >= 15 is 0 Å². The summed E-state index contributed by atoms with van der Waals surface area (Å²) >= 11 is 5.00. The summed E-state index contributed by atoms with van der Waals surface area (Å²) in [4.78, 5) is 5.12. The van der Waals surface area contributed by atoms with E-state index in [-0.39, 0.29) is 0 Å². The molecule has 0 spiro atoms. The lowest BCUT2D eigenvalue weighted by Gasteiger charge is -2.12. The van der Waals surface area contributed by atoms with Crippen molar-refractivity contribution in [1.29, 1.82) is 0 Å². The predicted molar refractivity (Wildman–Crippen MR) is 116 cm³/mol. The maximum Gasteiger partial charge on any atom is 0.205 e. The fraction of sp³-hybridized carbons (Fsp3) is 0.200. The lowest BCUT2D eigenvalue weighted by atomic mass is 10.2. The molecule has 8 heteroatoms. The van der Waals surface area contributed by atoms with Gasteiger partial charge in [-0.05, 0) is 18.2 Å². The van der Waals surface area contributed by atoms with E-state index in [0.717, 1.165) is 26.1 Å². The molecule has 3 aromatic rings. The van der Waals surface area contributed by atoms with E-state index < -0.39 is 0 Å². The monoisotopic (exact) mass is 461 g/mol. The summed E-state index contributed by atoms with van der Waals surface area (Å²) < 4.78 is 19.0. The molecule has 6 nitrogen and oxygen atoms in total. The van der Waals surface area contributed by atoms with Crippen LogP contribution in [0, 0.1) is 0 Å². The zero-order valence-corrected chi connectivity index (χ0v) is 18.4. The number of nitrogens with zero attached hydrogens (tertiary/aromatic N) is 3. The molecule has 0 fully saturated rings. The fourth-order valence-corrected chi connectivity index (χ4v) is 3.72. The molecule has 0 aliphatic heterocycles. The van der Waals surface area contributed by atoms with Crippen LogP contribution >= 0.6 is 27.3 Å². The number of aromatic nitrogens is 1. The minimum absolute atomic E-state index is 0.597. The fourth-order valence-electron chi connectivity index (χ4n) is 2.66. The third kappa shape index (κ3) is 4.13. The SMILES string of the molecule is CN=c1scc(-c2ccc(Br)cc2)n1N=Cc1cc(OC)c(OC)cc1OC. The van der Waals surface area contributed by atoms with Crippen molar-refractivity contribution in [2.75, 3.05) is 28.4 Å². The maximum absolute atomic E-state index is 5.48. The molecule has 0 amide bonds. The molecule has 146 valence electrons. The standard InChI is InChI=1S/C20H20BrN3O3S/c1-22-20-24(16(12-28-20)13-5-7-15(21)8-6-13)23-11-14-9-18(26-3)19(27-4)10-17(14)25-2/h5-12H,1-4H3. The molecule has 2 aromatic carbocycles. The summed E-state index contributed by atoms with van der Waals surface area (Å²) in [7, 11) is 6.54. The Labute approximate surface area is 175 Å². The number of benzene rings is 2. The van der Waals surface area contributed by atoms with Crippen LogP contribution in [0.1, 0.15) is 5.56 Å². The average molecular weight is 462 g/mol. The van der Waals surface area contributed by atoms with Gasteiger partial charge in [0.25, 0.3) is 0 Å². The van der Waals surface area contributed by atoms with Crippen LogP contribution in [-0.4, -0.2) is 39.3 Å². The van der Waals surface area contributed by atoms with Crippen LogP contribution in [0.4, 0.5) is 0 Å². The molecular formula is C20H20BrN3O3S. The summed E-state index contributed by atoms with van der Waals surface area (Å²) in [5.41, 5.74) is 2.77. The molecule has 0 radical (unpaired) electrons. The Bertz CT molecular complexity index is 1060. The van der Waals surface area contributed by atoms with Crippen molar-refractivity contribution in [2.45, 2.75) is 0 Å². The van der Waals surface area contributed by atoms with Gasteiger partial charge in [0, 0.05) is 34.1 Å². The Morgan fingerprint density at radius 3 is 2.21 bits per heavy atom. The Morgan fingerprint density at radius 1 is 0.964 bits per heavy atom. The minimum Gasteiger partial charge on any atom is -0.496 e. The van der Waals surface area contributed by atoms with Crippen molar-refractivity contribution in [3.8, 4) is 28.5 Å². The van der Waals surface area contributed by atoms with Crippen LogP contribution in [0.5, 0.6) is 17.2 Å². The molecule has 0 atom stereocenters. The van der Waals surface area contributed by atoms with E-state index in [1.54, 1.807) is 40.7 Å². The van der Waals surface area contributed by atoms with E-state index in [4.69, 9.17) is 14.2 Å². The highest BCUT2D eigenvalue weighted by Gasteiger charge is 2.12. The number of ether oxygens (including phenoxy) is 3. The Morgan fingerprint density at radius 2 is 1.61 bits per heavy atom. The van der Waals surface area contributed by atoms with Crippen LogP contribution < -0.4 is 19.0 Å². The Hall–Kier alpha value is -2.58. The molecule has 0 bridgehead atoms. The normalized spacial score (nSPS) is 11.8. The number of hydrogen-bond donors (Lipinski definition) is 0. The number of hydrogen-bond acceptors (Lipinski definition) is 6. The van der Waals surface area contributed by atoms with Crippen molar-refractivity contribution in [2.24, 2.45) is 10.1 Å². The third-order valence-corrected chi connectivity index (χ3v) is 5.50. The first-order valence-electron chi connectivity index (χ1n) is 8.35. The molecule has 1 heterocycles. The van der Waals surface area contributed by atoms with E-state index in [0.29, 0.717) is 17.2 Å². The maximum atomic E-state index is 5.48. The number of halogens is 1. The summed E-state index contributed by atoms with van der Waals surface area (Å²) in [6, 6.07) is 11.7. The van der Waals surface area contributed by atoms with Crippen LogP contribution in [0.15, 0.2) is 56.3 Å². The number of thiazole rings is 1. The molecule has 1 aromatic heterocycles. The van der Waals surface area contributed by atoms with Gasteiger partial charge >= 0.3 is 0 Å². The minimum atomic E-state index is 0.597. The van der Waals surface area contributed by atoms with Crippen molar-refractivity contribution in [3.05, 3.63) is 56.6 Å². The van der Waals surface area contributed by atoms with Gasteiger partial charge in [0.05, 0.1) is 33.2 Å². The highest BCUT2D eigenvalue weighted by Crippen LogP contribution is 2.34. The summed E-state index contributed by atoms with van der Waals surface area (Å²) in [5.74, 6) is 1.84. The topological polar surface area (TPSA) is 57.3 Å². The quantitative estimate of drug-likeness (QED) is 0.510. The first-order valence-corrected chi connectivity index (χ1v) is 10.0. The second-order valence-electron chi connectivity index (χ2n) is 5.64. The van der Waals surface area contributed by atoms with E-state index in [2.05, 4.69) is 26.0 Å². The molecule has 0 N–H and O–H groups in total. The van der Waals surface area contributed by atoms with Crippen LogP contribution in [0.3, 0.4) is 0 Å². The van der Waals surface area contributed by atoms with Crippen molar-refractivity contribution < 1.29 is 14.2 Å². The van der Waals surface area contributed by atoms with Gasteiger partial charge in [-0.2, -0.15) is 5.10 Å². The van der Waals surface area contributed by atoms with E-state index in [1.807, 2.05) is 40.4 Å². The summed E-state index contributed by atoms with van der Waals surface area (Å²) in [6.07, 6.45) is 1.73. The number of methoxy groups -OCH3 is 3. The van der Waals surface area contributed by atoms with Gasteiger partial charge in [-0.3, -0.25) is 4.99 Å². The van der Waals surface area contributed by atoms with Gasteiger partial charge in [0.15, 0.2) is 11.5 Å². The first kappa shape index (κ1) is 20.2. The average Bonchev–Trinajstić information content (AvgIpc) is 3.14. The molecule has 0 aliphatic carbocycles. The summed E-state index contributed by atoms with van der Waals surface area (Å²) in [5, 5.41) is 6.70. The smallest absolute Gasteiger partial charge is 0.205 e. The van der Waals surface area contributed by atoms with E-state index in [1.165, 1.54) is 11.3 Å². The number of rotatable bonds is 6. The van der Waals surface area contributed by atoms with Crippen LogP contribution in [0.2, 0.25) is 0 Å². The summed E-state index contributed by atoms with van der Waals surface area (Å²) in [6.45, 7) is 0. The second kappa shape index (κ2) is 9.07. The van der Waals surface area contributed by atoms with Crippen molar-refractivity contribution in [3.63, 3.8) is 0 Å². The molecule has 0 aliphatic rings.